The monoisotopic (exact) mass is 471 g/mol. The second-order valence-corrected chi connectivity index (χ2v) is 9.66. The summed E-state index contributed by atoms with van der Waals surface area (Å²) in [7, 11) is -3.57. The molecule has 144 valence electrons. The molecule has 0 aromatic heterocycles. The maximum Gasteiger partial charge on any atom is 0.309 e. The van der Waals surface area contributed by atoms with Crippen LogP contribution in [0.2, 0.25) is 5.02 Å². The van der Waals surface area contributed by atoms with Crippen LogP contribution in [0.1, 0.15) is 18.4 Å². The van der Waals surface area contributed by atoms with E-state index in [1.54, 1.807) is 12.1 Å². The lowest BCUT2D eigenvalue weighted by atomic mass is 9.98. The van der Waals surface area contributed by atoms with Gasteiger partial charge in [0.1, 0.15) is 6.61 Å². The minimum atomic E-state index is -3.57. The minimum Gasteiger partial charge on any atom is -0.461 e. The van der Waals surface area contributed by atoms with E-state index < -0.39 is 10.0 Å². The van der Waals surface area contributed by atoms with Crippen molar-refractivity contribution in [3.8, 4) is 0 Å². The maximum atomic E-state index is 12.7. The van der Waals surface area contributed by atoms with Crippen LogP contribution in [-0.4, -0.2) is 31.8 Å². The van der Waals surface area contributed by atoms with Crippen LogP contribution >= 0.6 is 27.5 Å². The first kappa shape index (κ1) is 20.3. The molecule has 2 aromatic carbocycles. The second-order valence-electron chi connectivity index (χ2n) is 6.37. The summed E-state index contributed by atoms with van der Waals surface area (Å²) < 4.78 is 33.1. The summed E-state index contributed by atoms with van der Waals surface area (Å²) in [6.07, 6.45) is 0.901. The molecule has 0 amide bonds. The van der Waals surface area contributed by atoms with E-state index in [-0.39, 0.29) is 23.4 Å². The van der Waals surface area contributed by atoms with Gasteiger partial charge in [0.15, 0.2) is 0 Å². The first-order valence-electron chi connectivity index (χ1n) is 8.53. The van der Waals surface area contributed by atoms with Gasteiger partial charge in [0.2, 0.25) is 10.0 Å². The molecule has 2 aromatic rings. The molecule has 1 aliphatic heterocycles. The van der Waals surface area contributed by atoms with Gasteiger partial charge in [0, 0.05) is 22.6 Å². The molecular formula is C19H19BrClNO4S. The zero-order valence-electron chi connectivity index (χ0n) is 14.5. The Hall–Kier alpha value is -1.41. The summed E-state index contributed by atoms with van der Waals surface area (Å²) in [5.74, 6) is -0.557. The van der Waals surface area contributed by atoms with Gasteiger partial charge in [-0.25, -0.2) is 8.42 Å². The molecule has 8 heteroatoms. The van der Waals surface area contributed by atoms with Crippen LogP contribution in [0.15, 0.2) is 57.9 Å². The number of piperidine rings is 1. The van der Waals surface area contributed by atoms with Crippen molar-refractivity contribution in [3.63, 3.8) is 0 Å². The van der Waals surface area contributed by atoms with Crippen molar-refractivity contribution in [2.45, 2.75) is 24.3 Å². The Labute approximate surface area is 172 Å². The number of halogens is 2. The lowest BCUT2D eigenvalue weighted by Crippen LogP contribution is -2.40. The molecule has 27 heavy (non-hydrogen) atoms. The van der Waals surface area contributed by atoms with E-state index >= 15 is 0 Å². The number of hydrogen-bond donors (Lipinski definition) is 0. The van der Waals surface area contributed by atoms with Gasteiger partial charge in [-0.05, 0) is 54.8 Å². The summed E-state index contributed by atoms with van der Waals surface area (Å²) in [6.45, 7) is 0.807. The Balaban J connectivity index is 1.54. The van der Waals surface area contributed by atoms with Crippen LogP contribution in [0.4, 0.5) is 0 Å². The topological polar surface area (TPSA) is 63.7 Å². The van der Waals surface area contributed by atoms with Crippen molar-refractivity contribution in [1.82, 2.24) is 4.31 Å². The molecule has 0 N–H and O–H groups in total. The van der Waals surface area contributed by atoms with Crippen LogP contribution < -0.4 is 0 Å². The van der Waals surface area contributed by atoms with E-state index in [0.717, 1.165) is 10.0 Å². The molecule has 1 fully saturated rings. The summed E-state index contributed by atoms with van der Waals surface area (Å²) in [4.78, 5) is 12.5. The molecule has 3 rings (SSSR count). The summed E-state index contributed by atoms with van der Waals surface area (Å²) >= 11 is 9.18. The first-order valence-corrected chi connectivity index (χ1v) is 11.1. The zero-order chi connectivity index (χ0) is 19.4. The quantitative estimate of drug-likeness (QED) is 0.610. The van der Waals surface area contributed by atoms with Crippen LogP contribution in [0, 0.1) is 5.92 Å². The maximum absolute atomic E-state index is 12.7. The normalized spacial score (nSPS) is 16.2. The number of rotatable bonds is 5. The van der Waals surface area contributed by atoms with Crippen LogP contribution in [0.3, 0.4) is 0 Å². The second kappa shape index (κ2) is 8.73. The van der Waals surface area contributed by atoms with Crippen LogP contribution in [-0.2, 0) is 26.2 Å². The highest BCUT2D eigenvalue weighted by molar-refractivity contribution is 9.10. The number of carbonyl (C=O) groups excluding carboxylic acids is 1. The van der Waals surface area contributed by atoms with Gasteiger partial charge in [-0.2, -0.15) is 4.31 Å². The molecule has 1 heterocycles. The SMILES string of the molecule is O=C(OCc1ccc(Br)cc1)C1CCN(S(=O)(=O)c2ccc(Cl)cc2)CC1. The number of benzene rings is 2. The molecule has 1 aliphatic rings. The lowest BCUT2D eigenvalue weighted by molar-refractivity contribution is -0.151. The third-order valence-electron chi connectivity index (χ3n) is 4.53. The number of carbonyl (C=O) groups is 1. The Morgan fingerprint density at radius 2 is 1.67 bits per heavy atom. The van der Waals surface area contributed by atoms with E-state index in [0.29, 0.717) is 31.0 Å². The van der Waals surface area contributed by atoms with Gasteiger partial charge in [-0.15, -0.1) is 0 Å². The molecule has 5 nitrogen and oxygen atoms in total. The van der Waals surface area contributed by atoms with Gasteiger partial charge in [-0.1, -0.05) is 39.7 Å². The first-order chi connectivity index (χ1) is 12.9. The fourth-order valence-corrected chi connectivity index (χ4v) is 4.80. The molecule has 0 atom stereocenters. The highest BCUT2D eigenvalue weighted by Crippen LogP contribution is 2.25. The van der Waals surface area contributed by atoms with Crippen molar-refractivity contribution in [3.05, 3.63) is 63.6 Å². The Bertz CT molecular complexity index is 892. The molecule has 0 aliphatic carbocycles. The average molecular weight is 473 g/mol. The van der Waals surface area contributed by atoms with Crippen LogP contribution in [0.5, 0.6) is 0 Å². The molecule has 0 spiro atoms. The largest absolute Gasteiger partial charge is 0.461 e. The fourth-order valence-electron chi connectivity index (χ4n) is 2.94. The highest BCUT2D eigenvalue weighted by Gasteiger charge is 2.32. The van der Waals surface area contributed by atoms with Crippen molar-refractivity contribution in [1.29, 1.82) is 0 Å². The van der Waals surface area contributed by atoms with Crippen molar-refractivity contribution in [2.75, 3.05) is 13.1 Å². The van der Waals surface area contributed by atoms with Crippen LogP contribution in [0.25, 0.3) is 0 Å². The molecular weight excluding hydrogens is 454 g/mol. The third kappa shape index (κ3) is 5.10. The molecule has 0 saturated carbocycles. The van der Waals surface area contributed by atoms with Crippen molar-refractivity contribution < 1.29 is 17.9 Å². The van der Waals surface area contributed by atoms with E-state index in [1.165, 1.54) is 16.4 Å². The molecule has 1 saturated heterocycles. The van der Waals surface area contributed by atoms with Gasteiger partial charge in [-0.3, -0.25) is 4.79 Å². The molecule has 0 bridgehead atoms. The number of hydrogen-bond acceptors (Lipinski definition) is 4. The van der Waals surface area contributed by atoms with Crippen molar-refractivity contribution >= 4 is 43.5 Å². The molecule has 0 radical (unpaired) electrons. The minimum absolute atomic E-state index is 0.211. The van der Waals surface area contributed by atoms with Crippen molar-refractivity contribution in [2.24, 2.45) is 5.92 Å². The summed E-state index contributed by atoms with van der Waals surface area (Å²) in [6, 6.07) is 13.7. The van der Waals surface area contributed by atoms with E-state index in [2.05, 4.69) is 15.9 Å². The zero-order valence-corrected chi connectivity index (χ0v) is 17.6. The predicted molar refractivity (Wildman–Crippen MR) is 107 cm³/mol. The Morgan fingerprint density at radius 3 is 2.26 bits per heavy atom. The lowest BCUT2D eigenvalue weighted by Gasteiger charge is -2.30. The smallest absolute Gasteiger partial charge is 0.309 e. The Morgan fingerprint density at radius 1 is 1.07 bits per heavy atom. The number of ether oxygens (including phenoxy) is 1. The van der Waals surface area contributed by atoms with E-state index in [9.17, 15) is 13.2 Å². The van der Waals surface area contributed by atoms with Gasteiger partial charge in [0.25, 0.3) is 0 Å². The average Bonchev–Trinajstić information content (AvgIpc) is 2.68. The fraction of sp³-hybridized carbons (Fsp3) is 0.316. The van der Waals surface area contributed by atoms with E-state index in [4.69, 9.17) is 16.3 Å². The van der Waals surface area contributed by atoms with E-state index in [1.807, 2.05) is 24.3 Å². The summed E-state index contributed by atoms with van der Waals surface area (Å²) in [5.41, 5.74) is 0.911. The van der Waals surface area contributed by atoms with Gasteiger partial charge >= 0.3 is 5.97 Å². The number of nitrogens with zero attached hydrogens (tertiary/aromatic N) is 1. The summed E-state index contributed by atoms with van der Waals surface area (Å²) in [5, 5.41) is 0.487. The Kier molecular flexibility index (Phi) is 6.57. The standard InChI is InChI=1S/C19H19BrClNO4S/c20-16-3-1-14(2-4-16)13-26-19(23)15-9-11-22(12-10-15)27(24,25)18-7-5-17(21)6-8-18/h1-8,15H,9-13H2. The predicted octanol–water partition coefficient (Wildman–Crippen LogP) is 4.25. The third-order valence-corrected chi connectivity index (χ3v) is 7.23. The molecule has 0 unspecified atom stereocenters. The number of esters is 1. The van der Waals surface area contributed by atoms with Gasteiger partial charge < -0.3 is 4.74 Å². The van der Waals surface area contributed by atoms with Gasteiger partial charge in [0.05, 0.1) is 10.8 Å². The number of sulfonamides is 1. The highest BCUT2D eigenvalue weighted by atomic mass is 79.9.